The monoisotopic (exact) mass is 211 g/mol. The number of aromatic nitrogens is 1. The second-order valence-corrected chi connectivity index (χ2v) is 3.11. The fourth-order valence-corrected chi connectivity index (χ4v) is 1.44. The van der Waals surface area contributed by atoms with Gasteiger partial charge in [-0.2, -0.15) is 4.98 Å². The summed E-state index contributed by atoms with van der Waals surface area (Å²) in [5, 5.41) is 8.86. The first-order valence-corrected chi connectivity index (χ1v) is 4.76. The molecule has 0 spiro atoms. The molecule has 2 heterocycles. The molecule has 0 aliphatic rings. The molecule has 6 heteroatoms. The number of nitrogens with zero attached hydrogens (tertiary/aromatic N) is 2. The summed E-state index contributed by atoms with van der Waals surface area (Å²) in [6, 6.07) is 1.82. The van der Waals surface area contributed by atoms with Gasteiger partial charge in [0, 0.05) is 19.2 Å². The van der Waals surface area contributed by atoms with E-state index < -0.39 is 0 Å². The Labute approximate surface area is 86.3 Å². The van der Waals surface area contributed by atoms with E-state index in [1.54, 1.807) is 6.07 Å². The Hall–Kier alpha value is -1.69. The summed E-state index contributed by atoms with van der Waals surface area (Å²) in [5.74, 6) is 0.632. The summed E-state index contributed by atoms with van der Waals surface area (Å²) in [5.41, 5.74) is 6.28. The van der Waals surface area contributed by atoms with Crippen molar-refractivity contribution in [3.63, 3.8) is 0 Å². The van der Waals surface area contributed by atoms with Gasteiger partial charge in [-0.05, 0) is 6.92 Å². The molecule has 15 heavy (non-hydrogen) atoms. The number of aliphatic hydroxyl groups is 1. The van der Waals surface area contributed by atoms with Crippen LogP contribution in [0.3, 0.4) is 0 Å². The smallest absolute Gasteiger partial charge is 0.295 e. The van der Waals surface area contributed by atoms with Gasteiger partial charge in [-0.1, -0.05) is 0 Å². The van der Waals surface area contributed by atoms with Crippen molar-refractivity contribution in [1.82, 2.24) is 4.98 Å². The molecule has 6 nitrogen and oxygen atoms in total. The molecular weight excluding hydrogens is 198 g/mol. The third-order valence-electron chi connectivity index (χ3n) is 2.16. The maximum absolute atomic E-state index is 8.86. The van der Waals surface area contributed by atoms with Crippen LogP contribution in [0.5, 0.6) is 0 Å². The second kappa shape index (κ2) is 3.82. The van der Waals surface area contributed by atoms with Crippen molar-refractivity contribution in [2.24, 2.45) is 0 Å². The number of anilines is 2. The fourth-order valence-electron chi connectivity index (χ4n) is 1.44. The van der Waals surface area contributed by atoms with Gasteiger partial charge in [0.05, 0.1) is 6.61 Å². The number of likely N-dealkylation sites (N-methyl/N-ethyl adjacent to an activating group) is 1. The van der Waals surface area contributed by atoms with Crippen LogP contribution in [0.15, 0.2) is 14.9 Å². The molecular formula is C9H13N3O3. The highest BCUT2D eigenvalue weighted by Gasteiger charge is 2.14. The van der Waals surface area contributed by atoms with Crippen molar-refractivity contribution < 1.29 is 13.9 Å². The molecule has 2 aromatic heterocycles. The summed E-state index contributed by atoms with van der Waals surface area (Å²) in [7, 11) is 0. The van der Waals surface area contributed by atoms with Gasteiger partial charge in [0.2, 0.25) is 5.88 Å². The maximum atomic E-state index is 8.86. The van der Waals surface area contributed by atoms with Crippen molar-refractivity contribution in [2.75, 3.05) is 30.3 Å². The molecule has 0 aliphatic heterocycles. The average molecular weight is 211 g/mol. The van der Waals surface area contributed by atoms with Crippen LogP contribution in [0.2, 0.25) is 0 Å². The van der Waals surface area contributed by atoms with Gasteiger partial charge in [0.15, 0.2) is 5.58 Å². The van der Waals surface area contributed by atoms with Crippen LogP contribution in [0.25, 0.3) is 11.3 Å². The molecule has 82 valence electrons. The predicted octanol–water partition coefficient (Wildman–Crippen LogP) is 0.822. The fraction of sp³-hybridized carbons (Fsp3) is 0.444. The van der Waals surface area contributed by atoms with E-state index in [0.29, 0.717) is 23.7 Å². The minimum atomic E-state index is 0.0749. The molecule has 2 rings (SSSR count). The number of oxazole rings is 1. The van der Waals surface area contributed by atoms with Crippen molar-refractivity contribution in [2.45, 2.75) is 6.92 Å². The minimum Gasteiger partial charge on any atom is -0.420 e. The van der Waals surface area contributed by atoms with E-state index in [2.05, 4.69) is 4.98 Å². The molecule has 2 aromatic rings. The van der Waals surface area contributed by atoms with Crippen LogP contribution in [0.1, 0.15) is 6.92 Å². The molecule has 0 aliphatic carbocycles. The van der Waals surface area contributed by atoms with Gasteiger partial charge in [0.25, 0.3) is 11.7 Å². The van der Waals surface area contributed by atoms with Crippen LogP contribution < -0.4 is 10.6 Å². The number of nitrogen functional groups attached to an aromatic ring is 1. The lowest BCUT2D eigenvalue weighted by atomic mass is 10.4. The van der Waals surface area contributed by atoms with E-state index in [1.807, 2.05) is 11.8 Å². The summed E-state index contributed by atoms with van der Waals surface area (Å²) in [6.07, 6.45) is 0. The average Bonchev–Trinajstić information content (AvgIpc) is 2.70. The van der Waals surface area contributed by atoms with Crippen molar-refractivity contribution in [3.8, 4) is 0 Å². The Morgan fingerprint density at radius 3 is 2.93 bits per heavy atom. The number of aliphatic hydroxyl groups excluding tert-OH is 1. The Bertz CT molecular complexity index is 417. The number of nitrogens with two attached hydrogens (primary N) is 1. The molecule has 0 radical (unpaired) electrons. The predicted molar refractivity (Wildman–Crippen MR) is 55.7 cm³/mol. The van der Waals surface area contributed by atoms with Crippen LogP contribution in [-0.2, 0) is 0 Å². The lowest BCUT2D eigenvalue weighted by molar-refractivity contribution is 0.300. The molecule has 3 N–H and O–H groups in total. The molecule has 0 saturated heterocycles. The highest BCUT2D eigenvalue weighted by molar-refractivity contribution is 5.73. The first kappa shape index (κ1) is 9.85. The number of fused-ring (bicyclic) bond motifs is 1. The third kappa shape index (κ3) is 1.75. The summed E-state index contributed by atoms with van der Waals surface area (Å²) >= 11 is 0. The van der Waals surface area contributed by atoms with Crippen LogP contribution in [0, 0.1) is 0 Å². The van der Waals surface area contributed by atoms with Crippen molar-refractivity contribution in [3.05, 3.63) is 6.07 Å². The summed E-state index contributed by atoms with van der Waals surface area (Å²) < 4.78 is 10.5. The number of hydrogen-bond acceptors (Lipinski definition) is 6. The lowest BCUT2D eigenvalue weighted by Gasteiger charge is -2.17. The molecule has 0 fully saturated rings. The Balaban J connectivity index is 2.30. The number of hydrogen-bond donors (Lipinski definition) is 2. The van der Waals surface area contributed by atoms with E-state index in [-0.39, 0.29) is 12.6 Å². The van der Waals surface area contributed by atoms with Gasteiger partial charge >= 0.3 is 0 Å². The molecule has 0 unspecified atom stereocenters. The van der Waals surface area contributed by atoms with E-state index in [1.165, 1.54) is 0 Å². The van der Waals surface area contributed by atoms with Gasteiger partial charge in [-0.3, -0.25) is 0 Å². The highest BCUT2D eigenvalue weighted by atomic mass is 16.4. The second-order valence-electron chi connectivity index (χ2n) is 3.11. The molecule has 0 atom stereocenters. The first-order chi connectivity index (χ1) is 7.24. The lowest BCUT2D eigenvalue weighted by Crippen LogP contribution is -2.25. The van der Waals surface area contributed by atoms with E-state index in [9.17, 15) is 0 Å². The van der Waals surface area contributed by atoms with Crippen LogP contribution >= 0.6 is 0 Å². The van der Waals surface area contributed by atoms with Gasteiger partial charge in [-0.25, -0.2) is 0 Å². The number of rotatable bonds is 4. The number of furan rings is 1. The maximum Gasteiger partial charge on any atom is 0.295 e. The van der Waals surface area contributed by atoms with Gasteiger partial charge < -0.3 is 24.6 Å². The standard InChI is InChI=1S/C9H13N3O3/c1-2-12(3-4-13)7-5-6-8(15-7)11-9(10)14-6/h5,13H,2-4H2,1H3,(H2,10,11). The van der Waals surface area contributed by atoms with Crippen LogP contribution in [-0.4, -0.2) is 29.8 Å². The zero-order chi connectivity index (χ0) is 10.8. The van der Waals surface area contributed by atoms with Crippen molar-refractivity contribution >= 4 is 23.2 Å². The Kier molecular flexibility index (Phi) is 2.51. The minimum absolute atomic E-state index is 0.0749. The normalized spacial score (nSPS) is 11.1. The zero-order valence-electron chi connectivity index (χ0n) is 8.43. The Morgan fingerprint density at radius 1 is 1.53 bits per heavy atom. The molecule has 0 aromatic carbocycles. The van der Waals surface area contributed by atoms with Crippen LogP contribution in [0.4, 0.5) is 11.9 Å². The zero-order valence-corrected chi connectivity index (χ0v) is 8.43. The molecule has 0 saturated carbocycles. The van der Waals surface area contributed by atoms with E-state index >= 15 is 0 Å². The quantitative estimate of drug-likeness (QED) is 0.778. The van der Waals surface area contributed by atoms with E-state index in [4.69, 9.17) is 19.7 Å². The molecule has 0 amide bonds. The third-order valence-corrected chi connectivity index (χ3v) is 2.16. The summed E-state index contributed by atoms with van der Waals surface area (Å²) in [4.78, 5) is 5.75. The van der Waals surface area contributed by atoms with E-state index in [0.717, 1.165) is 6.54 Å². The van der Waals surface area contributed by atoms with Gasteiger partial charge in [-0.15, -0.1) is 0 Å². The largest absolute Gasteiger partial charge is 0.420 e. The molecule has 0 bridgehead atoms. The SMILES string of the molecule is CCN(CCO)c1cc2oc(N)nc2o1. The first-order valence-electron chi connectivity index (χ1n) is 4.76. The van der Waals surface area contributed by atoms with Gasteiger partial charge in [0.1, 0.15) is 0 Å². The van der Waals surface area contributed by atoms with Crippen molar-refractivity contribution in [1.29, 1.82) is 0 Å². The highest BCUT2D eigenvalue weighted by Crippen LogP contribution is 2.26. The Morgan fingerprint density at radius 2 is 2.33 bits per heavy atom. The summed E-state index contributed by atoms with van der Waals surface area (Å²) in [6.45, 7) is 3.31. The topological polar surface area (TPSA) is 88.7 Å².